The minimum Gasteiger partial charge on any atom is -0.444 e. The summed E-state index contributed by atoms with van der Waals surface area (Å²) >= 11 is 5.96. The van der Waals surface area contributed by atoms with Crippen molar-refractivity contribution in [3.05, 3.63) is 45.8 Å². The molecule has 0 fully saturated rings. The van der Waals surface area contributed by atoms with Crippen LogP contribution < -0.4 is 5.32 Å². The molecule has 1 amide bonds. The SMILES string of the molecule is Cc1nc(NC(=O)c2ccc(Br)o2)sc1-c1nc(-c2cccs2)no1. The lowest BCUT2D eigenvalue weighted by atomic mass is 10.4. The number of aromatic nitrogens is 3. The van der Waals surface area contributed by atoms with E-state index in [1.54, 1.807) is 12.1 Å². The molecule has 0 spiro atoms. The minimum absolute atomic E-state index is 0.194. The van der Waals surface area contributed by atoms with E-state index >= 15 is 0 Å². The van der Waals surface area contributed by atoms with Gasteiger partial charge in [-0.15, -0.1) is 11.3 Å². The third kappa shape index (κ3) is 3.28. The van der Waals surface area contributed by atoms with Crippen LogP contribution in [0.2, 0.25) is 0 Å². The van der Waals surface area contributed by atoms with E-state index in [1.807, 2.05) is 24.4 Å². The second-order valence-electron chi connectivity index (χ2n) is 4.89. The Balaban J connectivity index is 1.57. The third-order valence-electron chi connectivity index (χ3n) is 3.18. The van der Waals surface area contributed by atoms with Crippen LogP contribution in [0.3, 0.4) is 0 Å². The van der Waals surface area contributed by atoms with E-state index < -0.39 is 0 Å². The van der Waals surface area contributed by atoms with Crippen molar-refractivity contribution >= 4 is 49.6 Å². The first-order valence-electron chi connectivity index (χ1n) is 7.02. The Kier molecular flexibility index (Phi) is 4.24. The molecule has 7 nitrogen and oxygen atoms in total. The quantitative estimate of drug-likeness (QED) is 0.491. The number of hydrogen-bond acceptors (Lipinski definition) is 8. The average molecular weight is 437 g/mol. The molecule has 1 N–H and O–H groups in total. The van der Waals surface area contributed by atoms with Crippen molar-refractivity contribution in [3.8, 4) is 21.5 Å². The normalized spacial score (nSPS) is 11.0. The van der Waals surface area contributed by atoms with Gasteiger partial charge in [-0.05, 0) is 46.4 Å². The Morgan fingerprint density at radius 2 is 2.16 bits per heavy atom. The maximum atomic E-state index is 12.1. The predicted octanol–water partition coefficient (Wildman–Crippen LogP) is 4.84. The molecule has 0 aliphatic heterocycles. The number of halogens is 1. The summed E-state index contributed by atoms with van der Waals surface area (Å²) in [5.41, 5.74) is 0.697. The van der Waals surface area contributed by atoms with E-state index in [9.17, 15) is 4.79 Å². The molecule has 4 aromatic heterocycles. The number of aryl methyl sites for hydroxylation is 1. The second kappa shape index (κ2) is 6.54. The summed E-state index contributed by atoms with van der Waals surface area (Å²) in [5, 5.41) is 9.08. The van der Waals surface area contributed by atoms with E-state index in [4.69, 9.17) is 8.94 Å². The van der Waals surface area contributed by atoms with Crippen molar-refractivity contribution in [1.82, 2.24) is 15.1 Å². The maximum Gasteiger partial charge on any atom is 0.293 e. The average Bonchev–Trinajstić information content (AvgIpc) is 3.33. The van der Waals surface area contributed by atoms with Crippen molar-refractivity contribution in [1.29, 1.82) is 0 Å². The van der Waals surface area contributed by atoms with Gasteiger partial charge in [-0.25, -0.2) is 4.98 Å². The summed E-state index contributed by atoms with van der Waals surface area (Å²) in [7, 11) is 0. The van der Waals surface area contributed by atoms with Crippen LogP contribution in [0, 0.1) is 6.92 Å². The highest BCUT2D eigenvalue weighted by molar-refractivity contribution is 9.10. The molecule has 4 aromatic rings. The molecule has 126 valence electrons. The smallest absolute Gasteiger partial charge is 0.293 e. The van der Waals surface area contributed by atoms with Crippen LogP contribution in [0.15, 0.2) is 43.3 Å². The minimum atomic E-state index is -0.379. The zero-order chi connectivity index (χ0) is 17.4. The van der Waals surface area contributed by atoms with Crippen LogP contribution in [-0.4, -0.2) is 21.0 Å². The van der Waals surface area contributed by atoms with Crippen molar-refractivity contribution in [2.75, 3.05) is 5.32 Å². The van der Waals surface area contributed by atoms with Crippen LogP contribution in [0.1, 0.15) is 16.2 Å². The molecule has 4 rings (SSSR count). The number of carbonyl (C=O) groups is 1. The van der Waals surface area contributed by atoms with Gasteiger partial charge in [0.1, 0.15) is 4.88 Å². The molecule has 10 heteroatoms. The number of nitrogens with one attached hydrogen (secondary N) is 1. The van der Waals surface area contributed by atoms with Crippen molar-refractivity contribution in [3.63, 3.8) is 0 Å². The first-order chi connectivity index (χ1) is 12.1. The fourth-order valence-electron chi connectivity index (χ4n) is 2.06. The van der Waals surface area contributed by atoms with E-state index in [2.05, 4.69) is 36.4 Å². The highest BCUT2D eigenvalue weighted by Crippen LogP contribution is 2.33. The molecule has 0 atom stereocenters. The molecule has 0 aliphatic carbocycles. The molecular formula is C15H9BrN4O3S2. The number of amides is 1. The summed E-state index contributed by atoms with van der Waals surface area (Å²) in [6.07, 6.45) is 0. The Morgan fingerprint density at radius 1 is 1.28 bits per heavy atom. The van der Waals surface area contributed by atoms with E-state index in [0.29, 0.717) is 32.1 Å². The molecule has 0 radical (unpaired) electrons. The number of rotatable bonds is 4. The van der Waals surface area contributed by atoms with Gasteiger partial charge in [-0.1, -0.05) is 22.6 Å². The number of anilines is 1. The Morgan fingerprint density at radius 3 is 2.88 bits per heavy atom. The van der Waals surface area contributed by atoms with Gasteiger partial charge in [-0.3, -0.25) is 10.1 Å². The highest BCUT2D eigenvalue weighted by atomic mass is 79.9. The summed E-state index contributed by atoms with van der Waals surface area (Å²) < 4.78 is 11.1. The number of hydrogen-bond donors (Lipinski definition) is 1. The van der Waals surface area contributed by atoms with Crippen molar-refractivity contribution in [2.24, 2.45) is 0 Å². The molecular weight excluding hydrogens is 428 g/mol. The zero-order valence-electron chi connectivity index (χ0n) is 12.6. The molecule has 0 aliphatic rings. The molecule has 0 bridgehead atoms. The summed E-state index contributed by atoms with van der Waals surface area (Å²) in [5.74, 6) is 0.721. The second-order valence-corrected chi connectivity index (χ2v) is 7.62. The number of furan rings is 1. The number of carbonyl (C=O) groups excluding carboxylic acids is 1. The summed E-state index contributed by atoms with van der Waals surface area (Å²) in [6, 6.07) is 7.07. The van der Waals surface area contributed by atoms with Crippen LogP contribution in [-0.2, 0) is 0 Å². The lowest BCUT2D eigenvalue weighted by Crippen LogP contribution is -2.10. The molecule has 0 unspecified atom stereocenters. The maximum absolute atomic E-state index is 12.1. The fraction of sp³-hybridized carbons (Fsp3) is 0.0667. The monoisotopic (exact) mass is 436 g/mol. The van der Waals surface area contributed by atoms with Crippen molar-refractivity contribution in [2.45, 2.75) is 6.92 Å². The molecule has 25 heavy (non-hydrogen) atoms. The predicted molar refractivity (Wildman–Crippen MR) is 97.8 cm³/mol. The van der Waals surface area contributed by atoms with Crippen LogP contribution in [0.4, 0.5) is 5.13 Å². The molecule has 4 heterocycles. The lowest BCUT2D eigenvalue weighted by molar-refractivity contribution is 0.0995. The Labute approximate surface area is 157 Å². The topological polar surface area (TPSA) is 94.1 Å². The van der Waals surface area contributed by atoms with Crippen LogP contribution >= 0.6 is 38.6 Å². The van der Waals surface area contributed by atoms with Gasteiger partial charge in [0.05, 0.1) is 10.6 Å². The lowest BCUT2D eigenvalue weighted by Gasteiger charge is -1.96. The summed E-state index contributed by atoms with van der Waals surface area (Å²) in [6.45, 7) is 1.82. The van der Waals surface area contributed by atoms with Gasteiger partial charge in [0.2, 0.25) is 5.82 Å². The third-order valence-corrected chi connectivity index (χ3v) is 5.53. The molecule has 0 aromatic carbocycles. The van der Waals surface area contributed by atoms with Crippen LogP contribution in [0.5, 0.6) is 0 Å². The molecule has 0 saturated heterocycles. The van der Waals surface area contributed by atoms with E-state index in [0.717, 1.165) is 4.88 Å². The van der Waals surface area contributed by atoms with Crippen molar-refractivity contribution < 1.29 is 13.7 Å². The fourth-order valence-corrected chi connectivity index (χ4v) is 3.90. The Bertz CT molecular complexity index is 1040. The standard InChI is InChI=1S/C15H9BrN4O3S2/c1-7-11(14-18-12(20-23-14)9-3-2-6-24-9)25-15(17-7)19-13(21)8-4-5-10(16)22-8/h2-6H,1H3,(H,17,19,21). The van der Waals surface area contributed by atoms with Gasteiger partial charge in [0, 0.05) is 0 Å². The van der Waals surface area contributed by atoms with E-state index in [1.165, 1.54) is 22.7 Å². The summed E-state index contributed by atoms with van der Waals surface area (Å²) in [4.78, 5) is 22.5. The number of thiazole rings is 1. The zero-order valence-corrected chi connectivity index (χ0v) is 15.9. The van der Waals surface area contributed by atoms with Crippen LogP contribution in [0.25, 0.3) is 21.5 Å². The number of thiophene rings is 1. The first kappa shape index (κ1) is 16.2. The van der Waals surface area contributed by atoms with Gasteiger partial charge in [0.25, 0.3) is 11.8 Å². The highest BCUT2D eigenvalue weighted by Gasteiger charge is 2.19. The van der Waals surface area contributed by atoms with Gasteiger partial charge >= 0.3 is 0 Å². The first-order valence-corrected chi connectivity index (χ1v) is 9.51. The van der Waals surface area contributed by atoms with Gasteiger partial charge in [0.15, 0.2) is 15.6 Å². The molecule has 0 saturated carbocycles. The van der Waals surface area contributed by atoms with Gasteiger partial charge < -0.3 is 8.94 Å². The Hall–Kier alpha value is -2.30. The number of nitrogens with zero attached hydrogens (tertiary/aromatic N) is 3. The largest absolute Gasteiger partial charge is 0.444 e. The van der Waals surface area contributed by atoms with Gasteiger partial charge in [-0.2, -0.15) is 4.98 Å². The van der Waals surface area contributed by atoms with E-state index in [-0.39, 0.29) is 11.7 Å².